The third-order valence-corrected chi connectivity index (χ3v) is 5.14. The lowest BCUT2D eigenvalue weighted by Gasteiger charge is -2.37. The number of rotatable bonds is 4. The zero-order valence-corrected chi connectivity index (χ0v) is 12.7. The zero-order valence-electron chi connectivity index (χ0n) is 11.9. The summed E-state index contributed by atoms with van der Waals surface area (Å²) in [5.74, 6) is 0.287. The van der Waals surface area contributed by atoms with Crippen LogP contribution >= 0.6 is 0 Å². The Hall–Kier alpha value is -1.11. The van der Waals surface area contributed by atoms with Crippen molar-refractivity contribution in [2.45, 2.75) is 36.5 Å². The molecule has 112 valence electrons. The molecule has 0 spiro atoms. The van der Waals surface area contributed by atoms with Gasteiger partial charge in [0.2, 0.25) is 10.0 Å². The third-order valence-electron chi connectivity index (χ3n) is 4.21. The molecule has 2 N–H and O–H groups in total. The first-order chi connectivity index (χ1) is 9.43. The van der Waals surface area contributed by atoms with Gasteiger partial charge in [0.05, 0.1) is 7.11 Å². The van der Waals surface area contributed by atoms with Gasteiger partial charge in [0.15, 0.2) is 0 Å². The lowest BCUT2D eigenvalue weighted by atomic mass is 9.72. The Labute approximate surface area is 120 Å². The summed E-state index contributed by atoms with van der Waals surface area (Å²) in [5.41, 5.74) is 0.956. The average Bonchev–Trinajstić information content (AvgIpc) is 2.46. The summed E-state index contributed by atoms with van der Waals surface area (Å²) in [6.45, 7) is 3.52. The Morgan fingerprint density at radius 3 is 2.50 bits per heavy atom. The van der Waals surface area contributed by atoms with Gasteiger partial charge in [-0.1, -0.05) is 13.0 Å². The van der Waals surface area contributed by atoms with Gasteiger partial charge in [-0.2, -0.15) is 0 Å². The van der Waals surface area contributed by atoms with E-state index in [1.54, 1.807) is 12.1 Å². The minimum atomic E-state index is -3.80. The quantitative estimate of drug-likeness (QED) is 0.919. The molecule has 0 bridgehead atoms. The Balaban J connectivity index is 2.52. The first kappa shape index (κ1) is 15.3. The molecule has 1 aromatic rings. The van der Waals surface area contributed by atoms with Gasteiger partial charge >= 0.3 is 0 Å². The van der Waals surface area contributed by atoms with Crippen LogP contribution in [0.5, 0.6) is 5.75 Å². The number of hydrogen-bond donors (Lipinski definition) is 1. The first-order valence-electron chi connectivity index (χ1n) is 6.72. The normalized spacial score (nSPS) is 18.8. The number of hydrogen-bond acceptors (Lipinski definition) is 4. The van der Waals surface area contributed by atoms with Crippen molar-refractivity contribution in [3.8, 4) is 5.75 Å². The summed E-state index contributed by atoms with van der Waals surface area (Å²) in [7, 11) is -2.36. The molecular formula is C14H21NO4S. The summed E-state index contributed by atoms with van der Waals surface area (Å²) in [6, 6.07) is 5.27. The molecule has 20 heavy (non-hydrogen) atoms. The molecule has 6 heteroatoms. The predicted molar refractivity (Wildman–Crippen MR) is 76.4 cm³/mol. The highest BCUT2D eigenvalue weighted by atomic mass is 32.2. The van der Waals surface area contributed by atoms with Crippen LogP contribution < -0.4 is 9.88 Å². The van der Waals surface area contributed by atoms with E-state index in [1.807, 2.05) is 6.07 Å². The second-order valence-electron chi connectivity index (χ2n) is 5.16. The maximum Gasteiger partial charge on any atom is 0.241 e. The highest BCUT2D eigenvalue weighted by molar-refractivity contribution is 7.89. The maximum absolute atomic E-state index is 11.7. The van der Waals surface area contributed by atoms with Crippen LogP contribution in [0, 0.1) is 0 Å². The monoisotopic (exact) mass is 299 g/mol. The average molecular weight is 299 g/mol. The van der Waals surface area contributed by atoms with E-state index in [0.717, 1.165) is 24.8 Å². The number of benzene rings is 1. The molecule has 0 amide bonds. The number of nitrogens with two attached hydrogens (primary N) is 1. The van der Waals surface area contributed by atoms with E-state index < -0.39 is 10.0 Å². The van der Waals surface area contributed by atoms with Crippen molar-refractivity contribution in [3.05, 3.63) is 23.8 Å². The fraction of sp³-hybridized carbons (Fsp3) is 0.571. The molecule has 1 aliphatic rings. The number of methoxy groups -OCH3 is 1. The van der Waals surface area contributed by atoms with Gasteiger partial charge in [0.25, 0.3) is 0 Å². The predicted octanol–water partition coefficient (Wildman–Crippen LogP) is 1.80. The van der Waals surface area contributed by atoms with Crippen LogP contribution in [0.3, 0.4) is 0 Å². The Bertz CT molecular complexity index is 577. The molecule has 0 unspecified atom stereocenters. The SMILES string of the molecule is CCC1(c2ccc(OC)c(S(N)(=O)=O)c2)CCOCC1. The van der Waals surface area contributed by atoms with Crippen LogP contribution in [-0.2, 0) is 20.2 Å². The van der Waals surface area contributed by atoms with Crippen molar-refractivity contribution >= 4 is 10.0 Å². The van der Waals surface area contributed by atoms with Gasteiger partial charge in [-0.15, -0.1) is 0 Å². The van der Waals surface area contributed by atoms with Crippen molar-refractivity contribution < 1.29 is 17.9 Å². The Kier molecular flexibility index (Phi) is 4.36. The zero-order chi connectivity index (χ0) is 14.8. The van der Waals surface area contributed by atoms with Gasteiger partial charge in [-0.25, -0.2) is 13.6 Å². The summed E-state index contributed by atoms with van der Waals surface area (Å²) < 4.78 is 33.9. The van der Waals surface area contributed by atoms with Crippen molar-refractivity contribution in [3.63, 3.8) is 0 Å². The van der Waals surface area contributed by atoms with Crippen molar-refractivity contribution in [2.24, 2.45) is 5.14 Å². The van der Waals surface area contributed by atoms with Gasteiger partial charge in [0.1, 0.15) is 10.6 Å². The molecule has 1 aromatic carbocycles. The van der Waals surface area contributed by atoms with Crippen LogP contribution in [0.2, 0.25) is 0 Å². The number of ether oxygens (including phenoxy) is 2. The standard InChI is InChI=1S/C14H21NO4S/c1-3-14(6-8-19-9-7-14)11-4-5-12(18-2)13(10-11)20(15,16)17/h4-5,10H,3,6-9H2,1-2H3,(H2,15,16,17). The summed E-state index contributed by atoms with van der Waals surface area (Å²) >= 11 is 0. The largest absolute Gasteiger partial charge is 0.495 e. The molecular weight excluding hydrogens is 278 g/mol. The highest BCUT2D eigenvalue weighted by Gasteiger charge is 2.33. The molecule has 0 saturated carbocycles. The van der Waals surface area contributed by atoms with E-state index in [9.17, 15) is 8.42 Å². The van der Waals surface area contributed by atoms with Gasteiger partial charge in [0, 0.05) is 13.2 Å². The smallest absolute Gasteiger partial charge is 0.241 e. The van der Waals surface area contributed by atoms with E-state index in [-0.39, 0.29) is 16.1 Å². The summed E-state index contributed by atoms with van der Waals surface area (Å²) in [4.78, 5) is 0.0526. The van der Waals surface area contributed by atoms with Crippen LogP contribution in [0.1, 0.15) is 31.7 Å². The number of primary sulfonamides is 1. The van der Waals surface area contributed by atoms with Gasteiger partial charge < -0.3 is 9.47 Å². The molecule has 1 aliphatic heterocycles. The highest BCUT2D eigenvalue weighted by Crippen LogP contribution is 2.40. The molecule has 1 heterocycles. The van der Waals surface area contributed by atoms with E-state index in [4.69, 9.17) is 14.6 Å². The van der Waals surface area contributed by atoms with Crippen LogP contribution in [0.25, 0.3) is 0 Å². The second-order valence-corrected chi connectivity index (χ2v) is 6.69. The molecule has 0 aliphatic carbocycles. The molecule has 0 atom stereocenters. The molecule has 5 nitrogen and oxygen atoms in total. The van der Waals surface area contributed by atoms with Gasteiger partial charge in [-0.3, -0.25) is 0 Å². The van der Waals surface area contributed by atoms with E-state index in [0.29, 0.717) is 13.2 Å². The lowest BCUT2D eigenvalue weighted by molar-refractivity contribution is 0.0484. The topological polar surface area (TPSA) is 78.6 Å². The second kappa shape index (κ2) is 5.71. The van der Waals surface area contributed by atoms with E-state index >= 15 is 0 Å². The van der Waals surface area contributed by atoms with Crippen molar-refractivity contribution in [1.82, 2.24) is 0 Å². The summed E-state index contributed by atoms with van der Waals surface area (Å²) in [6.07, 6.45) is 2.71. The Morgan fingerprint density at radius 2 is 2.00 bits per heavy atom. The van der Waals surface area contributed by atoms with Crippen molar-refractivity contribution in [1.29, 1.82) is 0 Å². The molecule has 1 fully saturated rings. The lowest BCUT2D eigenvalue weighted by Crippen LogP contribution is -2.33. The van der Waals surface area contributed by atoms with Crippen LogP contribution in [-0.4, -0.2) is 28.7 Å². The molecule has 2 rings (SSSR count). The van der Waals surface area contributed by atoms with Crippen LogP contribution in [0.15, 0.2) is 23.1 Å². The third kappa shape index (κ3) is 2.82. The van der Waals surface area contributed by atoms with E-state index in [2.05, 4.69) is 6.92 Å². The minimum Gasteiger partial charge on any atom is -0.495 e. The van der Waals surface area contributed by atoms with Crippen molar-refractivity contribution in [2.75, 3.05) is 20.3 Å². The minimum absolute atomic E-state index is 0.0377. The van der Waals surface area contributed by atoms with Crippen LogP contribution in [0.4, 0.5) is 0 Å². The fourth-order valence-corrected chi connectivity index (χ4v) is 3.56. The van der Waals surface area contributed by atoms with Gasteiger partial charge in [-0.05, 0) is 42.4 Å². The number of sulfonamides is 1. The molecule has 0 aromatic heterocycles. The summed E-state index contributed by atoms with van der Waals surface area (Å²) in [5, 5.41) is 5.28. The maximum atomic E-state index is 11.7. The Morgan fingerprint density at radius 1 is 1.35 bits per heavy atom. The van der Waals surface area contributed by atoms with E-state index in [1.165, 1.54) is 7.11 Å². The molecule has 0 radical (unpaired) electrons. The fourth-order valence-electron chi connectivity index (χ4n) is 2.84. The first-order valence-corrected chi connectivity index (χ1v) is 8.27. The molecule has 1 saturated heterocycles.